The molecule has 2 N–H and O–H groups in total. The number of H-pyrrole nitrogens is 1. The molecule has 1 unspecified atom stereocenters. The van der Waals surface area contributed by atoms with E-state index < -0.39 is 0 Å². The maximum Gasteiger partial charge on any atom is 0.270 e. The summed E-state index contributed by atoms with van der Waals surface area (Å²) in [6, 6.07) is 15.3. The normalized spacial score (nSPS) is 15.4. The molecular formula is C24H28N4O4. The van der Waals surface area contributed by atoms with Crippen molar-refractivity contribution in [3.8, 4) is 5.75 Å². The zero-order valence-electron chi connectivity index (χ0n) is 18.2. The summed E-state index contributed by atoms with van der Waals surface area (Å²) >= 11 is 0. The minimum atomic E-state index is -0.249. The first kappa shape index (κ1) is 22.0. The van der Waals surface area contributed by atoms with Gasteiger partial charge in [-0.05, 0) is 29.8 Å². The number of hydrogen-bond acceptors (Lipinski definition) is 6. The van der Waals surface area contributed by atoms with Gasteiger partial charge in [-0.1, -0.05) is 24.3 Å². The number of aromatic nitrogens is 2. The molecule has 1 atom stereocenters. The van der Waals surface area contributed by atoms with Gasteiger partial charge in [-0.3, -0.25) is 14.5 Å². The summed E-state index contributed by atoms with van der Waals surface area (Å²) in [6.45, 7) is 3.45. The van der Waals surface area contributed by atoms with Crippen LogP contribution in [-0.4, -0.2) is 60.7 Å². The van der Waals surface area contributed by atoms with Gasteiger partial charge in [-0.15, -0.1) is 0 Å². The Morgan fingerprint density at radius 3 is 2.69 bits per heavy atom. The van der Waals surface area contributed by atoms with Crippen LogP contribution in [0.4, 0.5) is 0 Å². The van der Waals surface area contributed by atoms with Gasteiger partial charge in [0.15, 0.2) is 0 Å². The van der Waals surface area contributed by atoms with Crippen molar-refractivity contribution in [2.24, 2.45) is 0 Å². The van der Waals surface area contributed by atoms with E-state index in [1.54, 1.807) is 7.11 Å². The minimum absolute atomic E-state index is 0.0379. The molecule has 0 radical (unpaired) electrons. The van der Waals surface area contributed by atoms with Crippen LogP contribution < -0.4 is 15.6 Å². The van der Waals surface area contributed by atoms with Crippen LogP contribution in [0.1, 0.15) is 23.7 Å². The highest BCUT2D eigenvalue weighted by atomic mass is 16.5. The molecule has 2 aromatic carbocycles. The van der Waals surface area contributed by atoms with E-state index in [1.807, 2.05) is 48.5 Å². The van der Waals surface area contributed by atoms with Crippen LogP contribution in [0.15, 0.2) is 53.3 Å². The molecule has 8 heteroatoms. The average Bonchev–Trinajstić information content (AvgIpc) is 2.84. The lowest BCUT2D eigenvalue weighted by atomic mass is 10.0. The second-order valence-corrected chi connectivity index (χ2v) is 7.77. The molecule has 0 spiro atoms. The highest BCUT2D eigenvalue weighted by molar-refractivity contribution is 5.76. The van der Waals surface area contributed by atoms with Gasteiger partial charge >= 0.3 is 0 Å². The van der Waals surface area contributed by atoms with Gasteiger partial charge in [0.2, 0.25) is 5.91 Å². The van der Waals surface area contributed by atoms with Crippen molar-refractivity contribution in [3.63, 3.8) is 0 Å². The van der Waals surface area contributed by atoms with E-state index >= 15 is 0 Å². The maximum atomic E-state index is 12.6. The maximum absolute atomic E-state index is 12.6. The Balaban J connectivity index is 1.39. The van der Waals surface area contributed by atoms with Gasteiger partial charge in [0.25, 0.3) is 5.56 Å². The lowest BCUT2D eigenvalue weighted by Gasteiger charge is -2.35. The number of benzene rings is 2. The second kappa shape index (κ2) is 10.4. The van der Waals surface area contributed by atoms with Crippen molar-refractivity contribution >= 4 is 16.9 Å². The van der Waals surface area contributed by atoms with Crippen molar-refractivity contribution in [1.29, 1.82) is 0 Å². The van der Waals surface area contributed by atoms with Crippen LogP contribution in [0.5, 0.6) is 5.75 Å². The molecule has 3 aromatic rings. The average molecular weight is 437 g/mol. The summed E-state index contributed by atoms with van der Waals surface area (Å²) in [5.74, 6) is 0.692. The van der Waals surface area contributed by atoms with Crippen LogP contribution in [0.25, 0.3) is 11.0 Å². The van der Waals surface area contributed by atoms with E-state index in [-0.39, 0.29) is 30.3 Å². The Labute approximate surface area is 186 Å². The zero-order chi connectivity index (χ0) is 22.3. The number of aryl methyl sites for hydroxylation is 1. The number of hydrogen-bond donors (Lipinski definition) is 2. The van der Waals surface area contributed by atoms with Gasteiger partial charge < -0.3 is 19.8 Å². The number of aromatic amines is 1. The summed E-state index contributed by atoms with van der Waals surface area (Å²) < 4.78 is 10.8. The largest absolute Gasteiger partial charge is 0.497 e. The van der Waals surface area contributed by atoms with Gasteiger partial charge in [0.1, 0.15) is 11.4 Å². The topological polar surface area (TPSA) is 96.5 Å². The summed E-state index contributed by atoms with van der Waals surface area (Å²) in [5, 5.41) is 3.04. The molecule has 32 heavy (non-hydrogen) atoms. The molecule has 2 heterocycles. The third kappa shape index (κ3) is 5.33. The van der Waals surface area contributed by atoms with Crippen molar-refractivity contribution < 1.29 is 14.3 Å². The molecule has 1 aliphatic rings. The predicted octanol–water partition coefficient (Wildman–Crippen LogP) is 2.05. The Kier molecular flexibility index (Phi) is 7.14. The SMILES string of the molecule is COc1ccc(C(CNC(=O)CCc2nc3ccccc3[nH]c2=O)N2CCOCC2)cc1. The minimum Gasteiger partial charge on any atom is -0.497 e. The van der Waals surface area contributed by atoms with E-state index in [0.29, 0.717) is 31.0 Å². The number of nitrogens with zero attached hydrogens (tertiary/aromatic N) is 2. The van der Waals surface area contributed by atoms with Crippen molar-refractivity contribution in [3.05, 3.63) is 70.1 Å². The number of ether oxygens (including phenoxy) is 2. The van der Waals surface area contributed by atoms with Crippen LogP contribution in [0.3, 0.4) is 0 Å². The molecule has 0 aliphatic carbocycles. The lowest BCUT2D eigenvalue weighted by Crippen LogP contribution is -2.43. The number of fused-ring (bicyclic) bond motifs is 1. The molecule has 0 bridgehead atoms. The lowest BCUT2D eigenvalue weighted by molar-refractivity contribution is -0.121. The van der Waals surface area contributed by atoms with Crippen molar-refractivity contribution in [2.75, 3.05) is 40.0 Å². The highest BCUT2D eigenvalue weighted by Gasteiger charge is 2.23. The fourth-order valence-electron chi connectivity index (χ4n) is 3.94. The number of para-hydroxylation sites is 2. The van der Waals surface area contributed by atoms with Gasteiger partial charge in [-0.25, -0.2) is 4.98 Å². The fraction of sp³-hybridized carbons (Fsp3) is 0.375. The van der Waals surface area contributed by atoms with Crippen LogP contribution >= 0.6 is 0 Å². The van der Waals surface area contributed by atoms with E-state index in [4.69, 9.17) is 9.47 Å². The molecular weight excluding hydrogens is 408 g/mol. The first-order chi connectivity index (χ1) is 15.6. The van der Waals surface area contributed by atoms with Crippen molar-refractivity contribution in [1.82, 2.24) is 20.2 Å². The molecule has 1 aliphatic heterocycles. The van der Waals surface area contributed by atoms with E-state index in [1.165, 1.54) is 0 Å². The Hall–Kier alpha value is -3.23. The molecule has 1 saturated heterocycles. The molecule has 4 rings (SSSR count). The fourth-order valence-corrected chi connectivity index (χ4v) is 3.94. The summed E-state index contributed by atoms with van der Waals surface area (Å²) in [6.07, 6.45) is 0.490. The predicted molar refractivity (Wildman–Crippen MR) is 122 cm³/mol. The Morgan fingerprint density at radius 1 is 1.19 bits per heavy atom. The van der Waals surface area contributed by atoms with Crippen LogP contribution in [0, 0.1) is 0 Å². The van der Waals surface area contributed by atoms with Gasteiger partial charge in [0.05, 0.1) is 37.4 Å². The third-order valence-electron chi connectivity index (χ3n) is 5.74. The first-order valence-corrected chi connectivity index (χ1v) is 10.8. The zero-order valence-corrected chi connectivity index (χ0v) is 18.2. The standard InChI is InChI=1S/C24H28N4O4/c1-31-18-8-6-17(7-9-18)22(28-12-14-32-15-13-28)16-25-23(29)11-10-21-24(30)27-20-5-3-2-4-19(20)26-21/h2-9,22H,10-16H2,1H3,(H,25,29)(H,27,30). The number of morpholine rings is 1. The molecule has 168 valence electrons. The van der Waals surface area contributed by atoms with Gasteiger partial charge in [0, 0.05) is 32.5 Å². The quantitative estimate of drug-likeness (QED) is 0.561. The molecule has 1 aromatic heterocycles. The number of amides is 1. The number of carbonyl (C=O) groups is 1. The monoisotopic (exact) mass is 436 g/mol. The van der Waals surface area contributed by atoms with Gasteiger partial charge in [-0.2, -0.15) is 0 Å². The molecule has 0 saturated carbocycles. The Morgan fingerprint density at radius 2 is 1.94 bits per heavy atom. The number of carbonyl (C=O) groups excluding carboxylic acids is 1. The van der Waals surface area contributed by atoms with E-state index in [9.17, 15) is 9.59 Å². The van der Waals surface area contributed by atoms with E-state index in [0.717, 1.165) is 29.9 Å². The summed E-state index contributed by atoms with van der Waals surface area (Å²) in [5.41, 5.74) is 2.65. The Bertz CT molecular complexity index is 1110. The first-order valence-electron chi connectivity index (χ1n) is 10.8. The van der Waals surface area contributed by atoms with Crippen LogP contribution in [-0.2, 0) is 16.0 Å². The molecule has 8 nitrogen and oxygen atoms in total. The molecule has 1 fully saturated rings. The smallest absolute Gasteiger partial charge is 0.270 e. The summed E-state index contributed by atoms with van der Waals surface area (Å²) in [7, 11) is 1.64. The number of nitrogens with one attached hydrogen (secondary N) is 2. The van der Waals surface area contributed by atoms with Crippen LogP contribution in [0.2, 0.25) is 0 Å². The van der Waals surface area contributed by atoms with E-state index in [2.05, 4.69) is 20.2 Å². The molecule has 1 amide bonds. The number of rotatable bonds is 8. The number of methoxy groups -OCH3 is 1. The van der Waals surface area contributed by atoms with Crippen molar-refractivity contribution in [2.45, 2.75) is 18.9 Å². The third-order valence-corrected chi connectivity index (χ3v) is 5.74. The summed E-state index contributed by atoms with van der Waals surface area (Å²) in [4.78, 5) is 34.4. The highest BCUT2D eigenvalue weighted by Crippen LogP contribution is 2.23. The second-order valence-electron chi connectivity index (χ2n) is 7.77.